The van der Waals surface area contributed by atoms with Gasteiger partial charge in [0, 0.05) is 44.3 Å². The summed E-state index contributed by atoms with van der Waals surface area (Å²) in [6.45, 7) is 0. The van der Waals surface area contributed by atoms with E-state index in [0.29, 0.717) is 28.5 Å². The minimum absolute atomic E-state index is 0.0162. The highest BCUT2D eigenvalue weighted by atomic mass is 16.5. The van der Waals surface area contributed by atoms with Crippen LogP contribution in [-0.4, -0.2) is 55.8 Å². The molecule has 11 heteroatoms. The van der Waals surface area contributed by atoms with Gasteiger partial charge in [0.05, 0.1) is 24.0 Å². The number of fused-ring (bicyclic) bond motifs is 2. The topological polar surface area (TPSA) is 119 Å². The van der Waals surface area contributed by atoms with Gasteiger partial charge in [0.25, 0.3) is 11.5 Å². The number of methoxy groups -OCH3 is 1. The third kappa shape index (κ3) is 3.99. The molecule has 5 aromatic rings. The van der Waals surface area contributed by atoms with E-state index in [4.69, 9.17) is 4.74 Å². The van der Waals surface area contributed by atoms with Crippen LogP contribution in [0.15, 0.2) is 72.0 Å². The summed E-state index contributed by atoms with van der Waals surface area (Å²) in [6, 6.07) is 13.0. The van der Waals surface area contributed by atoms with Crippen molar-refractivity contribution in [1.82, 2.24) is 28.9 Å². The third-order valence-corrected chi connectivity index (χ3v) is 6.78. The van der Waals surface area contributed by atoms with E-state index < -0.39 is 0 Å². The standard InChI is InChI=1S/C26H26N8O3/c1-27-23-13-22(31-24-18(14-28-34(23)24)25(35)30-19-8-9-21(19)37-2)29-20-7-5-11-33(26(20)36)17-12-16-6-3-4-10-32(16)15-17/h3-7,10-15,19,21,27H,8-9H2,1-2H3,(H,29,31)(H,30,35)/t19-,21-/m1/s1. The molecule has 0 aliphatic heterocycles. The van der Waals surface area contributed by atoms with Crippen LogP contribution in [0.1, 0.15) is 23.2 Å². The molecule has 2 atom stereocenters. The number of pyridine rings is 2. The number of amides is 1. The van der Waals surface area contributed by atoms with Gasteiger partial charge in [-0.25, -0.2) is 4.98 Å². The predicted molar refractivity (Wildman–Crippen MR) is 140 cm³/mol. The predicted octanol–water partition coefficient (Wildman–Crippen LogP) is 2.83. The molecule has 0 radical (unpaired) electrons. The number of hydrogen-bond acceptors (Lipinski definition) is 7. The van der Waals surface area contributed by atoms with Crippen LogP contribution in [0.2, 0.25) is 0 Å². The highest BCUT2D eigenvalue weighted by Crippen LogP contribution is 2.25. The molecule has 0 spiro atoms. The number of rotatable bonds is 7. The Morgan fingerprint density at radius 3 is 2.78 bits per heavy atom. The number of ether oxygens (including phenoxy) is 1. The third-order valence-electron chi connectivity index (χ3n) is 6.78. The Labute approximate surface area is 211 Å². The largest absolute Gasteiger partial charge is 0.379 e. The van der Waals surface area contributed by atoms with Crippen LogP contribution in [0.4, 0.5) is 17.3 Å². The quantitative estimate of drug-likeness (QED) is 0.316. The second-order valence-corrected chi connectivity index (χ2v) is 8.95. The van der Waals surface area contributed by atoms with E-state index in [0.717, 1.165) is 24.0 Å². The van der Waals surface area contributed by atoms with E-state index in [2.05, 4.69) is 26.0 Å². The van der Waals surface area contributed by atoms with Gasteiger partial charge in [-0.05, 0) is 43.2 Å². The Balaban J connectivity index is 1.34. The molecule has 3 N–H and O–H groups in total. The molecule has 0 unspecified atom stereocenters. The van der Waals surface area contributed by atoms with Crippen LogP contribution in [0.5, 0.6) is 0 Å². The summed E-state index contributed by atoms with van der Waals surface area (Å²) in [5.41, 5.74) is 2.56. The summed E-state index contributed by atoms with van der Waals surface area (Å²) in [5, 5.41) is 13.6. The molecule has 5 aromatic heterocycles. The van der Waals surface area contributed by atoms with Gasteiger partial charge >= 0.3 is 0 Å². The lowest BCUT2D eigenvalue weighted by molar-refractivity contribution is 0.00732. The summed E-state index contributed by atoms with van der Waals surface area (Å²) < 4.78 is 10.5. The fraction of sp³-hybridized carbons (Fsp3) is 0.231. The average Bonchev–Trinajstić information content (AvgIpc) is 3.52. The van der Waals surface area contributed by atoms with Gasteiger partial charge < -0.3 is 25.1 Å². The Morgan fingerprint density at radius 2 is 2.03 bits per heavy atom. The molecule has 0 saturated heterocycles. The number of aromatic nitrogens is 5. The summed E-state index contributed by atoms with van der Waals surface area (Å²) in [6.07, 6.45) is 8.86. The second-order valence-electron chi connectivity index (χ2n) is 8.95. The van der Waals surface area contributed by atoms with Gasteiger partial charge in [0.15, 0.2) is 5.65 Å². The molecule has 0 bridgehead atoms. The van der Waals surface area contributed by atoms with E-state index in [1.165, 1.54) is 6.20 Å². The molecule has 1 aliphatic rings. The van der Waals surface area contributed by atoms with Crippen LogP contribution in [-0.2, 0) is 4.74 Å². The number of nitrogens with one attached hydrogen (secondary N) is 3. The lowest BCUT2D eigenvalue weighted by atomic mass is 9.89. The van der Waals surface area contributed by atoms with Crippen LogP contribution < -0.4 is 21.5 Å². The minimum atomic E-state index is -0.267. The van der Waals surface area contributed by atoms with E-state index >= 15 is 0 Å². The second kappa shape index (κ2) is 9.10. The SMILES string of the molecule is CNc1cc(Nc2cccn(-c3cc4ccccn4c3)c2=O)nc2c(C(=O)N[C@@H]3CC[C@H]3OC)cnn12. The Morgan fingerprint density at radius 1 is 1.14 bits per heavy atom. The lowest BCUT2D eigenvalue weighted by Gasteiger charge is -2.35. The van der Waals surface area contributed by atoms with Crippen molar-refractivity contribution < 1.29 is 9.53 Å². The first-order valence-electron chi connectivity index (χ1n) is 12.0. The molecule has 188 valence electrons. The molecular weight excluding hydrogens is 472 g/mol. The number of nitrogens with zero attached hydrogens (tertiary/aromatic N) is 5. The summed E-state index contributed by atoms with van der Waals surface area (Å²) in [5.74, 6) is 0.748. The molecule has 37 heavy (non-hydrogen) atoms. The molecular formula is C26H26N8O3. The maximum Gasteiger partial charge on any atom is 0.278 e. The van der Waals surface area contributed by atoms with Crippen molar-refractivity contribution in [3.8, 4) is 5.69 Å². The summed E-state index contributed by atoms with van der Waals surface area (Å²) in [4.78, 5) is 31.0. The van der Waals surface area contributed by atoms with Gasteiger partial charge in [0.2, 0.25) is 0 Å². The fourth-order valence-corrected chi connectivity index (χ4v) is 4.63. The number of carbonyl (C=O) groups excluding carboxylic acids is 1. The molecule has 6 rings (SSSR count). The number of anilines is 3. The van der Waals surface area contributed by atoms with Crippen molar-refractivity contribution in [2.75, 3.05) is 24.8 Å². The van der Waals surface area contributed by atoms with Crippen LogP contribution in [0.3, 0.4) is 0 Å². The van der Waals surface area contributed by atoms with E-state index in [9.17, 15) is 9.59 Å². The monoisotopic (exact) mass is 498 g/mol. The van der Waals surface area contributed by atoms with Crippen molar-refractivity contribution in [2.24, 2.45) is 0 Å². The minimum Gasteiger partial charge on any atom is -0.379 e. The molecule has 1 fully saturated rings. The van der Waals surface area contributed by atoms with Crippen molar-refractivity contribution in [1.29, 1.82) is 0 Å². The summed E-state index contributed by atoms with van der Waals surface area (Å²) >= 11 is 0. The van der Waals surface area contributed by atoms with Gasteiger partial charge in [-0.1, -0.05) is 6.07 Å². The normalized spacial score (nSPS) is 17.0. The van der Waals surface area contributed by atoms with Crippen LogP contribution >= 0.6 is 0 Å². The van der Waals surface area contributed by atoms with Crippen molar-refractivity contribution in [2.45, 2.75) is 25.0 Å². The zero-order valence-electron chi connectivity index (χ0n) is 20.4. The smallest absolute Gasteiger partial charge is 0.278 e. The molecule has 5 heterocycles. The number of carbonyl (C=O) groups is 1. The zero-order chi connectivity index (χ0) is 25.5. The molecule has 1 saturated carbocycles. The molecule has 1 aliphatic carbocycles. The van der Waals surface area contributed by atoms with Crippen LogP contribution in [0.25, 0.3) is 16.9 Å². The summed E-state index contributed by atoms with van der Waals surface area (Å²) in [7, 11) is 3.40. The van der Waals surface area contributed by atoms with Gasteiger partial charge in [-0.3, -0.25) is 14.2 Å². The zero-order valence-corrected chi connectivity index (χ0v) is 20.4. The highest BCUT2D eigenvalue weighted by molar-refractivity contribution is 6.00. The first-order valence-corrected chi connectivity index (χ1v) is 12.0. The maximum atomic E-state index is 13.4. The average molecular weight is 499 g/mol. The lowest BCUT2D eigenvalue weighted by Crippen LogP contribution is -2.51. The fourth-order valence-electron chi connectivity index (χ4n) is 4.63. The Bertz CT molecular complexity index is 1650. The van der Waals surface area contributed by atoms with E-state index in [1.807, 2.05) is 41.1 Å². The van der Waals surface area contributed by atoms with E-state index in [1.54, 1.807) is 47.6 Å². The number of hydrogen-bond donors (Lipinski definition) is 3. The van der Waals surface area contributed by atoms with Crippen molar-refractivity contribution in [3.63, 3.8) is 0 Å². The Kier molecular flexibility index (Phi) is 5.61. The molecule has 1 amide bonds. The van der Waals surface area contributed by atoms with Crippen molar-refractivity contribution in [3.05, 3.63) is 83.2 Å². The van der Waals surface area contributed by atoms with Gasteiger partial charge in [-0.2, -0.15) is 9.61 Å². The van der Waals surface area contributed by atoms with Crippen molar-refractivity contribution >= 4 is 34.4 Å². The molecule has 0 aromatic carbocycles. The van der Waals surface area contributed by atoms with E-state index in [-0.39, 0.29) is 23.6 Å². The van der Waals surface area contributed by atoms with Gasteiger partial charge in [0.1, 0.15) is 22.9 Å². The first-order chi connectivity index (χ1) is 18.1. The first kappa shape index (κ1) is 22.8. The Hall–Kier alpha value is -4.64. The highest BCUT2D eigenvalue weighted by Gasteiger charge is 2.33. The maximum absolute atomic E-state index is 13.4. The molecule has 11 nitrogen and oxygen atoms in total. The van der Waals surface area contributed by atoms with Gasteiger partial charge in [-0.15, -0.1) is 0 Å². The van der Waals surface area contributed by atoms with Crippen LogP contribution in [0, 0.1) is 0 Å².